The predicted molar refractivity (Wildman–Crippen MR) is 157 cm³/mol. The van der Waals surface area contributed by atoms with Gasteiger partial charge in [-0.1, -0.05) is 89.1 Å². The van der Waals surface area contributed by atoms with Crippen LogP contribution in [0.15, 0.2) is 84.9 Å². The summed E-state index contributed by atoms with van der Waals surface area (Å²) in [6, 6.07) is 26.5. The molecule has 0 N–H and O–H groups in total. The maximum Gasteiger partial charge on any atom is 0.269 e. The number of anilines is 2. The van der Waals surface area contributed by atoms with Crippen LogP contribution in [0.2, 0.25) is 0 Å². The summed E-state index contributed by atoms with van der Waals surface area (Å²) < 4.78 is 3.48. The van der Waals surface area contributed by atoms with Gasteiger partial charge in [-0.2, -0.15) is 0 Å². The molecule has 0 saturated heterocycles. The predicted octanol–water partition coefficient (Wildman–Crippen LogP) is 8.65. The molecule has 3 aromatic rings. The maximum atomic E-state index is 14.0. The van der Waals surface area contributed by atoms with Gasteiger partial charge in [-0.05, 0) is 73.1 Å². The molecule has 6 heteroatoms. The molecule has 190 valence electrons. The van der Waals surface area contributed by atoms with Crippen molar-refractivity contribution in [3.05, 3.63) is 96.1 Å². The SMILES string of the molecule is CCCC(C)SN(C(=O)c1ccccc1C(=O)N(SC(C)CCC)c1ccccc1)c1ccccc1. The molecular formula is C30H36N2O2S2. The Hall–Kier alpha value is -2.70. The minimum atomic E-state index is -0.183. The molecule has 0 aliphatic carbocycles. The number of carbonyl (C=O) groups is 2. The van der Waals surface area contributed by atoms with Crippen molar-refractivity contribution < 1.29 is 9.59 Å². The molecule has 0 saturated carbocycles. The zero-order valence-corrected chi connectivity index (χ0v) is 23.2. The highest BCUT2D eigenvalue weighted by Gasteiger charge is 2.29. The number of hydrogen-bond acceptors (Lipinski definition) is 4. The van der Waals surface area contributed by atoms with Crippen LogP contribution in [0.1, 0.15) is 74.1 Å². The van der Waals surface area contributed by atoms with E-state index in [1.165, 1.54) is 23.9 Å². The monoisotopic (exact) mass is 520 g/mol. The number of hydrogen-bond donors (Lipinski definition) is 0. The Bertz CT molecular complexity index is 1020. The number of nitrogens with zero attached hydrogens (tertiary/aromatic N) is 2. The summed E-state index contributed by atoms with van der Waals surface area (Å²) in [6.45, 7) is 8.57. The maximum absolute atomic E-state index is 14.0. The minimum absolute atomic E-state index is 0.183. The number of carbonyl (C=O) groups excluding carboxylic acids is 2. The second kappa shape index (κ2) is 14.1. The molecule has 0 aliphatic heterocycles. The van der Waals surface area contributed by atoms with Gasteiger partial charge in [0.15, 0.2) is 0 Å². The van der Waals surface area contributed by atoms with Gasteiger partial charge < -0.3 is 0 Å². The van der Waals surface area contributed by atoms with Crippen LogP contribution in [0, 0.1) is 0 Å². The Labute approximate surface area is 224 Å². The van der Waals surface area contributed by atoms with Crippen molar-refractivity contribution in [2.75, 3.05) is 8.61 Å². The normalized spacial score (nSPS) is 12.6. The first-order valence-electron chi connectivity index (χ1n) is 12.7. The lowest BCUT2D eigenvalue weighted by Crippen LogP contribution is -2.31. The number of para-hydroxylation sites is 2. The molecule has 0 aliphatic rings. The van der Waals surface area contributed by atoms with E-state index >= 15 is 0 Å². The zero-order chi connectivity index (χ0) is 25.9. The van der Waals surface area contributed by atoms with Gasteiger partial charge in [0.1, 0.15) is 0 Å². The van der Waals surface area contributed by atoms with Crippen molar-refractivity contribution in [2.24, 2.45) is 0 Å². The molecule has 0 fully saturated rings. The molecular weight excluding hydrogens is 484 g/mol. The van der Waals surface area contributed by atoms with Gasteiger partial charge in [0.2, 0.25) is 0 Å². The van der Waals surface area contributed by atoms with Crippen LogP contribution in [0.4, 0.5) is 11.4 Å². The fourth-order valence-electron chi connectivity index (χ4n) is 3.93. The van der Waals surface area contributed by atoms with E-state index in [-0.39, 0.29) is 22.3 Å². The Morgan fingerprint density at radius 1 is 0.611 bits per heavy atom. The molecule has 36 heavy (non-hydrogen) atoms. The van der Waals surface area contributed by atoms with E-state index in [0.717, 1.165) is 37.1 Å². The zero-order valence-electron chi connectivity index (χ0n) is 21.6. The number of rotatable bonds is 12. The van der Waals surface area contributed by atoms with Gasteiger partial charge in [0.05, 0.1) is 22.5 Å². The van der Waals surface area contributed by atoms with Crippen LogP contribution in [-0.2, 0) is 0 Å². The first-order valence-corrected chi connectivity index (χ1v) is 14.3. The van der Waals surface area contributed by atoms with Crippen molar-refractivity contribution in [1.29, 1.82) is 0 Å². The second-order valence-corrected chi connectivity index (χ2v) is 11.6. The van der Waals surface area contributed by atoms with Gasteiger partial charge >= 0.3 is 0 Å². The number of amides is 2. The van der Waals surface area contributed by atoms with Crippen molar-refractivity contribution in [3.63, 3.8) is 0 Å². The smallest absolute Gasteiger partial charge is 0.268 e. The fraction of sp³-hybridized carbons (Fsp3) is 0.333. The minimum Gasteiger partial charge on any atom is -0.268 e. The lowest BCUT2D eigenvalue weighted by atomic mass is 10.1. The Balaban J connectivity index is 2.01. The van der Waals surface area contributed by atoms with Crippen LogP contribution >= 0.6 is 23.9 Å². The molecule has 4 nitrogen and oxygen atoms in total. The van der Waals surface area contributed by atoms with Gasteiger partial charge in [-0.3, -0.25) is 9.59 Å². The van der Waals surface area contributed by atoms with Gasteiger partial charge in [-0.25, -0.2) is 8.61 Å². The Kier molecular flexibility index (Phi) is 11.0. The third-order valence-electron chi connectivity index (χ3n) is 5.70. The van der Waals surface area contributed by atoms with Crippen molar-refractivity contribution >= 4 is 47.1 Å². The van der Waals surface area contributed by atoms with E-state index < -0.39 is 0 Å². The summed E-state index contributed by atoms with van der Waals surface area (Å²) in [7, 11) is 0. The third-order valence-corrected chi connectivity index (χ3v) is 8.07. The largest absolute Gasteiger partial charge is 0.269 e. The van der Waals surface area contributed by atoms with Crippen LogP contribution in [0.3, 0.4) is 0 Å². The van der Waals surface area contributed by atoms with Crippen LogP contribution in [0.25, 0.3) is 0 Å². The standard InChI is InChI=1S/C30H36N2O2S2/c1-5-15-23(3)35-31(25-17-9-7-10-18-25)29(33)27-21-13-14-22-28(27)30(34)32(36-24(4)16-6-2)26-19-11-8-12-20-26/h7-14,17-24H,5-6,15-16H2,1-4H3. The molecule has 0 heterocycles. The quantitative estimate of drug-likeness (QED) is 0.224. The summed E-state index contributed by atoms with van der Waals surface area (Å²) in [5.41, 5.74) is 2.44. The van der Waals surface area contributed by atoms with Gasteiger partial charge in [0.25, 0.3) is 11.8 Å². The van der Waals surface area contributed by atoms with Gasteiger partial charge in [-0.15, -0.1) is 0 Å². The van der Waals surface area contributed by atoms with Gasteiger partial charge in [0, 0.05) is 10.5 Å². The van der Waals surface area contributed by atoms with Crippen LogP contribution in [-0.4, -0.2) is 22.3 Å². The molecule has 0 spiro atoms. The lowest BCUT2D eigenvalue weighted by Gasteiger charge is -2.28. The molecule has 2 amide bonds. The summed E-state index contributed by atoms with van der Waals surface area (Å²) in [6.07, 6.45) is 4.07. The average Bonchev–Trinajstić information content (AvgIpc) is 2.91. The molecule has 0 bridgehead atoms. The Morgan fingerprint density at radius 2 is 0.944 bits per heavy atom. The highest BCUT2D eigenvalue weighted by Crippen LogP contribution is 2.33. The second-order valence-electron chi connectivity index (χ2n) is 8.83. The number of benzene rings is 3. The van der Waals surface area contributed by atoms with E-state index in [1.807, 2.05) is 72.8 Å². The van der Waals surface area contributed by atoms with E-state index in [2.05, 4.69) is 27.7 Å². The van der Waals surface area contributed by atoms with E-state index in [1.54, 1.807) is 20.7 Å². The average molecular weight is 521 g/mol. The lowest BCUT2D eigenvalue weighted by molar-refractivity contribution is 0.0975. The van der Waals surface area contributed by atoms with Crippen LogP contribution < -0.4 is 8.61 Å². The van der Waals surface area contributed by atoms with Crippen molar-refractivity contribution in [3.8, 4) is 0 Å². The Morgan fingerprint density at radius 3 is 1.28 bits per heavy atom. The molecule has 2 unspecified atom stereocenters. The summed E-state index contributed by atoms with van der Waals surface area (Å²) >= 11 is 3.04. The van der Waals surface area contributed by atoms with E-state index in [0.29, 0.717) is 11.1 Å². The summed E-state index contributed by atoms with van der Waals surface area (Å²) in [4.78, 5) is 28.0. The molecule has 3 aromatic carbocycles. The molecule has 0 aromatic heterocycles. The molecule has 2 atom stereocenters. The highest BCUT2D eigenvalue weighted by atomic mass is 32.2. The molecule has 0 radical (unpaired) electrons. The van der Waals surface area contributed by atoms with E-state index in [9.17, 15) is 9.59 Å². The molecule has 3 rings (SSSR count). The first-order chi connectivity index (χ1) is 17.5. The fourth-order valence-corrected chi connectivity index (χ4v) is 6.21. The van der Waals surface area contributed by atoms with Crippen molar-refractivity contribution in [1.82, 2.24) is 0 Å². The summed E-state index contributed by atoms with van der Waals surface area (Å²) in [5, 5.41) is 0.515. The topological polar surface area (TPSA) is 40.6 Å². The van der Waals surface area contributed by atoms with E-state index in [4.69, 9.17) is 0 Å². The first kappa shape index (κ1) is 27.9. The highest BCUT2D eigenvalue weighted by molar-refractivity contribution is 8.02. The summed E-state index contributed by atoms with van der Waals surface area (Å²) in [5.74, 6) is -0.365. The van der Waals surface area contributed by atoms with Crippen molar-refractivity contribution in [2.45, 2.75) is 63.9 Å². The third kappa shape index (κ3) is 7.40. The van der Waals surface area contributed by atoms with Crippen LogP contribution in [0.5, 0.6) is 0 Å².